The first-order chi connectivity index (χ1) is 18.1. The van der Waals surface area contributed by atoms with Gasteiger partial charge in [0, 0.05) is 23.0 Å². The van der Waals surface area contributed by atoms with Crippen LogP contribution in [-0.4, -0.2) is 50.5 Å². The van der Waals surface area contributed by atoms with Gasteiger partial charge in [0.15, 0.2) is 0 Å². The summed E-state index contributed by atoms with van der Waals surface area (Å²) in [5, 5.41) is 3.24. The zero-order valence-corrected chi connectivity index (χ0v) is 24.2. The van der Waals surface area contributed by atoms with Crippen LogP contribution in [-0.2, 0) is 26.2 Å². The molecule has 0 unspecified atom stereocenters. The number of hydrogen-bond donors (Lipinski definition) is 1. The van der Waals surface area contributed by atoms with E-state index in [9.17, 15) is 18.0 Å². The molecule has 0 radical (unpaired) electrons. The fourth-order valence-electron chi connectivity index (χ4n) is 3.85. The maximum Gasteiger partial charge on any atom is 0.264 e. The van der Waals surface area contributed by atoms with Gasteiger partial charge in [-0.3, -0.25) is 13.9 Å². The molecule has 38 heavy (non-hydrogen) atoms. The van der Waals surface area contributed by atoms with Crippen LogP contribution < -0.4 is 9.62 Å². The lowest BCUT2D eigenvalue weighted by Gasteiger charge is -2.32. The van der Waals surface area contributed by atoms with Gasteiger partial charge in [-0.2, -0.15) is 0 Å². The summed E-state index contributed by atoms with van der Waals surface area (Å²) in [6, 6.07) is 19.6. The maximum atomic E-state index is 13.8. The van der Waals surface area contributed by atoms with Crippen LogP contribution in [0.3, 0.4) is 0 Å². The van der Waals surface area contributed by atoms with Crippen LogP contribution in [0, 0.1) is 6.92 Å². The molecule has 0 bridgehead atoms. The highest BCUT2D eigenvalue weighted by molar-refractivity contribution is 7.98. The molecule has 7 nitrogen and oxygen atoms in total. The molecule has 1 atom stereocenters. The van der Waals surface area contributed by atoms with Crippen LogP contribution in [0.1, 0.15) is 25.0 Å². The zero-order chi connectivity index (χ0) is 27.9. The standard InChI is InChI=1S/C28H32ClN3O4S2/c1-5-30-28(34)21(3)31(18-22-7-6-8-23(29)17-22)27(33)19-32(24-11-9-20(2)10-12-24)38(35,36)26-15-13-25(37-4)14-16-26/h6-17,21H,5,18-19H2,1-4H3,(H,30,34)/t21-/m0/s1. The molecular weight excluding hydrogens is 542 g/mol. The number of halogens is 1. The Labute approximate surface area is 234 Å². The van der Waals surface area contributed by atoms with Crippen molar-refractivity contribution in [1.82, 2.24) is 10.2 Å². The van der Waals surface area contributed by atoms with E-state index in [-0.39, 0.29) is 17.3 Å². The van der Waals surface area contributed by atoms with Crippen molar-refractivity contribution in [1.29, 1.82) is 0 Å². The highest BCUT2D eigenvalue weighted by Crippen LogP contribution is 2.26. The Bertz CT molecular complexity index is 1360. The Morgan fingerprint density at radius 2 is 1.68 bits per heavy atom. The Morgan fingerprint density at radius 3 is 2.26 bits per heavy atom. The molecule has 2 amide bonds. The molecule has 0 aliphatic carbocycles. The number of nitrogens with one attached hydrogen (secondary N) is 1. The summed E-state index contributed by atoms with van der Waals surface area (Å²) in [6.45, 7) is 5.32. The highest BCUT2D eigenvalue weighted by Gasteiger charge is 2.32. The second-order valence-corrected chi connectivity index (χ2v) is 11.9. The van der Waals surface area contributed by atoms with Gasteiger partial charge in [-0.05, 0) is 81.1 Å². The smallest absolute Gasteiger partial charge is 0.264 e. The van der Waals surface area contributed by atoms with Gasteiger partial charge in [0.2, 0.25) is 11.8 Å². The summed E-state index contributed by atoms with van der Waals surface area (Å²) < 4.78 is 28.8. The number of carbonyl (C=O) groups excluding carboxylic acids is 2. The highest BCUT2D eigenvalue weighted by atomic mass is 35.5. The Morgan fingerprint density at radius 1 is 1.03 bits per heavy atom. The number of hydrogen-bond acceptors (Lipinski definition) is 5. The molecule has 0 spiro atoms. The topological polar surface area (TPSA) is 86.8 Å². The van der Waals surface area contributed by atoms with E-state index in [1.54, 1.807) is 74.5 Å². The number of likely N-dealkylation sites (N-methyl/N-ethyl adjacent to an activating group) is 1. The van der Waals surface area contributed by atoms with Crippen molar-refractivity contribution in [3.8, 4) is 0 Å². The average Bonchev–Trinajstić information content (AvgIpc) is 2.90. The van der Waals surface area contributed by atoms with E-state index in [1.165, 1.54) is 28.8 Å². The quantitative estimate of drug-likeness (QED) is 0.322. The number of rotatable bonds is 11. The summed E-state index contributed by atoms with van der Waals surface area (Å²) in [6.07, 6.45) is 1.91. The predicted octanol–water partition coefficient (Wildman–Crippen LogP) is 5.12. The Kier molecular flexibility index (Phi) is 10.2. The minimum Gasteiger partial charge on any atom is -0.355 e. The van der Waals surface area contributed by atoms with Crippen LogP contribution in [0.5, 0.6) is 0 Å². The molecule has 0 saturated heterocycles. The van der Waals surface area contributed by atoms with Crippen LogP contribution in [0.4, 0.5) is 5.69 Å². The largest absolute Gasteiger partial charge is 0.355 e. The van der Waals surface area contributed by atoms with Crippen LogP contribution in [0.15, 0.2) is 82.6 Å². The van der Waals surface area contributed by atoms with E-state index in [4.69, 9.17) is 11.6 Å². The van der Waals surface area contributed by atoms with Crippen molar-refractivity contribution < 1.29 is 18.0 Å². The molecule has 0 aromatic heterocycles. The fourth-order valence-corrected chi connectivity index (χ4v) is 5.89. The lowest BCUT2D eigenvalue weighted by molar-refractivity contribution is -0.139. The number of aryl methyl sites for hydroxylation is 1. The molecule has 0 fully saturated rings. The van der Waals surface area contributed by atoms with Crippen molar-refractivity contribution in [3.05, 3.63) is 88.9 Å². The van der Waals surface area contributed by atoms with Crippen molar-refractivity contribution in [2.24, 2.45) is 0 Å². The lowest BCUT2D eigenvalue weighted by atomic mass is 10.1. The first-order valence-electron chi connectivity index (χ1n) is 12.1. The molecule has 0 heterocycles. The second-order valence-electron chi connectivity index (χ2n) is 8.74. The summed E-state index contributed by atoms with van der Waals surface area (Å²) in [5.74, 6) is -0.853. The van der Waals surface area contributed by atoms with Crippen molar-refractivity contribution in [2.75, 3.05) is 23.7 Å². The molecular formula is C28H32ClN3O4S2. The lowest BCUT2D eigenvalue weighted by Crippen LogP contribution is -2.51. The van der Waals surface area contributed by atoms with Gasteiger partial charge < -0.3 is 10.2 Å². The number of sulfonamides is 1. The first-order valence-corrected chi connectivity index (χ1v) is 15.2. The minimum atomic E-state index is -4.10. The van der Waals surface area contributed by atoms with E-state index in [0.29, 0.717) is 17.3 Å². The average molecular weight is 574 g/mol. The molecule has 10 heteroatoms. The molecule has 0 aliphatic heterocycles. The third-order valence-corrected chi connectivity index (χ3v) is 8.78. The third-order valence-electron chi connectivity index (χ3n) is 6.01. The monoisotopic (exact) mass is 573 g/mol. The Hall–Kier alpha value is -3.01. The van der Waals surface area contributed by atoms with Gasteiger partial charge in [-0.1, -0.05) is 41.4 Å². The van der Waals surface area contributed by atoms with Gasteiger partial charge in [0.25, 0.3) is 10.0 Å². The van der Waals surface area contributed by atoms with Crippen LogP contribution >= 0.6 is 23.4 Å². The van der Waals surface area contributed by atoms with Crippen LogP contribution in [0.2, 0.25) is 5.02 Å². The second kappa shape index (κ2) is 13.2. The summed E-state index contributed by atoms with van der Waals surface area (Å²) >= 11 is 7.66. The number of benzene rings is 3. The van der Waals surface area contributed by atoms with E-state index < -0.39 is 28.5 Å². The van der Waals surface area contributed by atoms with Crippen molar-refractivity contribution in [3.63, 3.8) is 0 Å². The SMILES string of the molecule is CCNC(=O)[C@H](C)N(Cc1cccc(Cl)c1)C(=O)CN(c1ccc(C)cc1)S(=O)(=O)c1ccc(SC)cc1. The molecule has 0 aliphatic rings. The number of amides is 2. The van der Waals surface area contributed by atoms with Gasteiger partial charge in [-0.25, -0.2) is 8.42 Å². The summed E-state index contributed by atoms with van der Waals surface area (Å²) in [4.78, 5) is 28.9. The number of thioether (sulfide) groups is 1. The van der Waals surface area contributed by atoms with Gasteiger partial charge in [0.05, 0.1) is 10.6 Å². The van der Waals surface area contributed by atoms with Crippen molar-refractivity contribution in [2.45, 2.75) is 43.1 Å². The fraction of sp³-hybridized carbons (Fsp3) is 0.286. The van der Waals surface area contributed by atoms with E-state index in [0.717, 1.165) is 20.3 Å². The molecule has 0 saturated carbocycles. The predicted molar refractivity (Wildman–Crippen MR) is 154 cm³/mol. The van der Waals surface area contributed by atoms with Gasteiger partial charge >= 0.3 is 0 Å². The van der Waals surface area contributed by atoms with Gasteiger partial charge in [-0.15, -0.1) is 11.8 Å². The van der Waals surface area contributed by atoms with E-state index in [1.807, 2.05) is 13.2 Å². The van der Waals surface area contributed by atoms with E-state index >= 15 is 0 Å². The number of carbonyl (C=O) groups is 2. The Balaban J connectivity index is 2.02. The van der Waals surface area contributed by atoms with Crippen LogP contribution in [0.25, 0.3) is 0 Å². The number of anilines is 1. The minimum absolute atomic E-state index is 0.0711. The molecule has 202 valence electrons. The molecule has 1 N–H and O–H groups in total. The van der Waals surface area contributed by atoms with Gasteiger partial charge in [0.1, 0.15) is 12.6 Å². The van der Waals surface area contributed by atoms with E-state index in [2.05, 4.69) is 5.32 Å². The van der Waals surface area contributed by atoms with Crippen molar-refractivity contribution >= 4 is 50.9 Å². The summed E-state index contributed by atoms with van der Waals surface area (Å²) in [5.41, 5.74) is 2.03. The molecule has 3 aromatic rings. The summed E-state index contributed by atoms with van der Waals surface area (Å²) in [7, 11) is -4.10. The maximum absolute atomic E-state index is 13.8. The molecule has 3 aromatic carbocycles. The zero-order valence-electron chi connectivity index (χ0n) is 21.8. The third kappa shape index (κ3) is 7.30. The molecule has 3 rings (SSSR count). The first kappa shape index (κ1) is 29.5. The number of nitrogens with zero attached hydrogens (tertiary/aromatic N) is 2. The normalized spacial score (nSPS) is 12.0.